The summed E-state index contributed by atoms with van der Waals surface area (Å²) >= 11 is 9.85. The van der Waals surface area contributed by atoms with Crippen LogP contribution in [0.15, 0.2) is 27.3 Å². The smallest absolute Gasteiger partial charge is 0.231 e. The second-order valence-corrected chi connectivity index (χ2v) is 5.92. The number of aliphatic imine (C=N–C) groups is 1. The Morgan fingerprint density at radius 2 is 2.29 bits per heavy atom. The van der Waals surface area contributed by atoms with Crippen LogP contribution in [-0.4, -0.2) is 19.7 Å². The number of ether oxygens (including phenoxy) is 2. The molecule has 21 heavy (non-hydrogen) atoms. The molecule has 1 aromatic rings. The average Bonchev–Trinajstić information content (AvgIpc) is 2.90. The van der Waals surface area contributed by atoms with Crippen molar-refractivity contribution in [2.45, 2.75) is 12.7 Å². The van der Waals surface area contributed by atoms with Gasteiger partial charge < -0.3 is 20.1 Å². The lowest BCUT2D eigenvalue weighted by molar-refractivity contribution is 0.173. The number of benzene rings is 1. The van der Waals surface area contributed by atoms with Gasteiger partial charge in [0.25, 0.3) is 0 Å². The molecular weight excluding hydrogens is 360 g/mol. The molecule has 112 valence electrons. The Hall–Kier alpha value is -1.44. The highest BCUT2D eigenvalue weighted by molar-refractivity contribution is 9.10. The van der Waals surface area contributed by atoms with E-state index >= 15 is 0 Å². The molecule has 1 atom stereocenters. The van der Waals surface area contributed by atoms with E-state index in [1.807, 2.05) is 13.0 Å². The molecule has 0 spiro atoms. The Labute approximate surface area is 135 Å². The highest BCUT2D eigenvalue weighted by Crippen LogP contribution is 2.47. The van der Waals surface area contributed by atoms with Crippen molar-refractivity contribution in [1.82, 2.24) is 10.6 Å². The molecule has 4 N–H and O–H groups in total. The van der Waals surface area contributed by atoms with Gasteiger partial charge in [-0.2, -0.15) is 0 Å². The number of rotatable bonds is 1. The van der Waals surface area contributed by atoms with Crippen LogP contribution in [0, 0.1) is 0 Å². The number of nitrogens with one attached hydrogen (secondary N) is 2. The minimum absolute atomic E-state index is 0.155. The lowest BCUT2D eigenvalue weighted by Crippen LogP contribution is -2.51. The predicted molar refractivity (Wildman–Crippen MR) is 84.5 cm³/mol. The highest BCUT2D eigenvalue weighted by atomic mass is 79.9. The van der Waals surface area contributed by atoms with Crippen LogP contribution in [0.2, 0.25) is 5.02 Å². The Bertz CT molecular complexity index is 677. The first kappa shape index (κ1) is 14.5. The minimum atomic E-state index is -1.18. The van der Waals surface area contributed by atoms with E-state index in [4.69, 9.17) is 26.8 Å². The second-order valence-electron chi connectivity index (χ2n) is 4.75. The fourth-order valence-corrected chi connectivity index (χ4v) is 3.11. The van der Waals surface area contributed by atoms with E-state index in [1.165, 1.54) is 0 Å². The molecule has 3 rings (SSSR count). The molecule has 2 aliphatic rings. The number of likely N-dealkylation sites (N-methyl/N-ethyl adjacent to an activating group) is 1. The molecule has 2 aliphatic heterocycles. The van der Waals surface area contributed by atoms with Crippen molar-refractivity contribution < 1.29 is 9.47 Å². The Morgan fingerprint density at radius 1 is 1.52 bits per heavy atom. The van der Waals surface area contributed by atoms with E-state index in [1.54, 1.807) is 13.1 Å². The van der Waals surface area contributed by atoms with Crippen molar-refractivity contribution in [1.29, 1.82) is 0 Å². The van der Waals surface area contributed by atoms with E-state index in [-0.39, 0.29) is 6.79 Å². The fraction of sp³-hybridized carbons (Fsp3) is 0.308. The third-order valence-corrected chi connectivity index (χ3v) is 4.63. The maximum absolute atomic E-state index is 6.43. The van der Waals surface area contributed by atoms with Crippen LogP contribution in [0.25, 0.3) is 0 Å². The zero-order valence-electron chi connectivity index (χ0n) is 11.5. The number of halogens is 2. The fourth-order valence-electron chi connectivity index (χ4n) is 2.30. The van der Waals surface area contributed by atoms with Crippen LogP contribution in [0.1, 0.15) is 12.5 Å². The zero-order chi connectivity index (χ0) is 15.2. The van der Waals surface area contributed by atoms with Gasteiger partial charge in [0.05, 0.1) is 9.50 Å². The first-order valence-electron chi connectivity index (χ1n) is 6.25. The van der Waals surface area contributed by atoms with E-state index in [2.05, 4.69) is 31.6 Å². The molecule has 0 radical (unpaired) electrons. The van der Waals surface area contributed by atoms with Gasteiger partial charge in [-0.3, -0.25) is 5.73 Å². The molecule has 1 unspecified atom stereocenters. The topological polar surface area (TPSA) is 80.9 Å². The maximum atomic E-state index is 6.43. The number of nitrogens with zero attached hydrogens (tertiary/aromatic N) is 1. The van der Waals surface area contributed by atoms with Crippen molar-refractivity contribution in [2.75, 3.05) is 13.8 Å². The molecule has 0 bridgehead atoms. The summed E-state index contributed by atoms with van der Waals surface area (Å²) in [6, 6.07) is 1.75. The van der Waals surface area contributed by atoms with Crippen molar-refractivity contribution >= 4 is 33.4 Å². The molecule has 6 nitrogen and oxygen atoms in total. The Balaban J connectivity index is 2.15. The number of fused-ring (bicyclic) bond motifs is 1. The Kier molecular flexibility index (Phi) is 3.51. The molecular formula is C13H14BrClN4O2. The summed E-state index contributed by atoms with van der Waals surface area (Å²) in [7, 11) is 1.78. The van der Waals surface area contributed by atoms with Gasteiger partial charge in [-0.25, -0.2) is 4.99 Å². The molecule has 0 amide bonds. The summed E-state index contributed by atoms with van der Waals surface area (Å²) in [5, 5.41) is 6.56. The SMILES string of the molecule is CNC1=NC(N)(c2cc3c(c(Br)c2Cl)OCO3)NC(C)=C1. The predicted octanol–water partition coefficient (Wildman–Crippen LogP) is 2.03. The summed E-state index contributed by atoms with van der Waals surface area (Å²) in [4.78, 5) is 4.47. The van der Waals surface area contributed by atoms with Crippen LogP contribution in [0.5, 0.6) is 11.5 Å². The van der Waals surface area contributed by atoms with Crippen molar-refractivity contribution in [3.05, 3.63) is 32.9 Å². The van der Waals surface area contributed by atoms with Crippen LogP contribution in [-0.2, 0) is 5.79 Å². The lowest BCUT2D eigenvalue weighted by Gasteiger charge is -2.33. The number of nitrogens with two attached hydrogens (primary N) is 1. The second kappa shape index (κ2) is 5.08. The van der Waals surface area contributed by atoms with E-state index in [9.17, 15) is 0 Å². The van der Waals surface area contributed by atoms with Gasteiger partial charge in [-0.1, -0.05) is 11.6 Å². The zero-order valence-corrected chi connectivity index (χ0v) is 13.8. The monoisotopic (exact) mass is 372 g/mol. The highest BCUT2D eigenvalue weighted by Gasteiger charge is 2.35. The van der Waals surface area contributed by atoms with Crippen LogP contribution < -0.4 is 25.8 Å². The lowest BCUT2D eigenvalue weighted by atomic mass is 10.1. The van der Waals surface area contributed by atoms with Gasteiger partial charge in [0.1, 0.15) is 5.84 Å². The van der Waals surface area contributed by atoms with Gasteiger partial charge in [0.15, 0.2) is 11.5 Å². The molecule has 1 aromatic carbocycles. The standard InChI is InChI=1S/C13H14BrClN4O2/c1-6-3-9(17-2)19-13(16,18-6)7-4-8-12(21-5-20-8)10(14)11(7)15/h3-4,18H,5,16H2,1-2H3,(H,17,19). The first-order chi connectivity index (χ1) is 9.94. The summed E-state index contributed by atoms with van der Waals surface area (Å²) in [6.45, 7) is 2.06. The van der Waals surface area contributed by atoms with Crippen LogP contribution in [0.4, 0.5) is 0 Å². The van der Waals surface area contributed by atoms with E-state index in [0.29, 0.717) is 32.4 Å². The molecule has 2 heterocycles. The molecule has 0 fully saturated rings. The summed E-state index contributed by atoms with van der Waals surface area (Å²) < 4.78 is 11.4. The molecule has 0 aliphatic carbocycles. The average molecular weight is 374 g/mol. The number of hydrogen-bond acceptors (Lipinski definition) is 6. The van der Waals surface area contributed by atoms with E-state index in [0.717, 1.165) is 5.70 Å². The third kappa shape index (κ3) is 2.35. The van der Waals surface area contributed by atoms with Crippen LogP contribution >= 0.6 is 27.5 Å². The normalized spacial score (nSPS) is 23.3. The largest absolute Gasteiger partial charge is 0.454 e. The van der Waals surface area contributed by atoms with E-state index < -0.39 is 5.79 Å². The number of amidine groups is 1. The van der Waals surface area contributed by atoms with Crippen molar-refractivity contribution in [3.8, 4) is 11.5 Å². The molecule has 0 saturated carbocycles. The minimum Gasteiger partial charge on any atom is -0.454 e. The molecule has 8 heteroatoms. The molecule has 0 saturated heterocycles. The van der Waals surface area contributed by atoms with Gasteiger partial charge in [0.2, 0.25) is 12.6 Å². The summed E-state index contributed by atoms with van der Waals surface area (Å²) in [5.41, 5.74) is 7.89. The quantitative estimate of drug-likeness (QED) is 0.702. The summed E-state index contributed by atoms with van der Waals surface area (Å²) in [5.74, 6) is 0.644. The van der Waals surface area contributed by atoms with Gasteiger partial charge in [-0.15, -0.1) is 0 Å². The number of allylic oxidation sites excluding steroid dienone is 1. The summed E-state index contributed by atoms with van der Waals surface area (Å²) in [6.07, 6.45) is 1.86. The maximum Gasteiger partial charge on any atom is 0.231 e. The first-order valence-corrected chi connectivity index (χ1v) is 7.43. The van der Waals surface area contributed by atoms with Crippen molar-refractivity contribution in [3.63, 3.8) is 0 Å². The van der Waals surface area contributed by atoms with Crippen molar-refractivity contribution in [2.24, 2.45) is 10.7 Å². The van der Waals surface area contributed by atoms with Crippen LogP contribution in [0.3, 0.4) is 0 Å². The Morgan fingerprint density at radius 3 is 3.00 bits per heavy atom. The van der Waals surface area contributed by atoms with Gasteiger partial charge in [-0.05, 0) is 35.0 Å². The third-order valence-electron chi connectivity index (χ3n) is 3.25. The molecule has 0 aromatic heterocycles. The number of hydrogen-bond donors (Lipinski definition) is 3. The van der Waals surface area contributed by atoms with Gasteiger partial charge in [0, 0.05) is 18.3 Å². The van der Waals surface area contributed by atoms with Gasteiger partial charge >= 0.3 is 0 Å².